The molecule has 0 spiro atoms. The van der Waals surface area contributed by atoms with Gasteiger partial charge in [0.1, 0.15) is 0 Å². The van der Waals surface area contributed by atoms with Gasteiger partial charge in [-0.05, 0) is 91.9 Å². The first-order valence-corrected chi connectivity index (χ1v) is 14.1. The van der Waals surface area contributed by atoms with Gasteiger partial charge in [-0.25, -0.2) is 0 Å². The molecule has 5 N–H and O–H groups in total. The summed E-state index contributed by atoms with van der Waals surface area (Å²) in [7, 11) is 0. The van der Waals surface area contributed by atoms with Crippen molar-refractivity contribution in [3.8, 4) is 0 Å². The van der Waals surface area contributed by atoms with Crippen molar-refractivity contribution in [2.75, 3.05) is 0 Å². The molecular weight excluding hydrogens is 456 g/mol. The van der Waals surface area contributed by atoms with Gasteiger partial charge in [0, 0.05) is 23.3 Å². The van der Waals surface area contributed by atoms with Gasteiger partial charge in [0.2, 0.25) is 0 Å². The molecule has 1 unspecified atom stereocenters. The lowest BCUT2D eigenvalue weighted by Crippen LogP contribution is -2.61. The summed E-state index contributed by atoms with van der Waals surface area (Å²) in [6.45, 7) is 13.9. The zero-order valence-corrected chi connectivity index (χ0v) is 23.2. The molecule has 5 rings (SSSR count). The van der Waals surface area contributed by atoms with Crippen LogP contribution in [0.25, 0.3) is 0 Å². The summed E-state index contributed by atoms with van der Waals surface area (Å²) in [6, 6.07) is 0. The summed E-state index contributed by atoms with van der Waals surface area (Å²) in [5.41, 5.74) is -1.77. The van der Waals surface area contributed by atoms with E-state index in [-0.39, 0.29) is 29.5 Å². The Morgan fingerprint density at radius 1 is 0.917 bits per heavy atom. The third kappa shape index (κ3) is 3.17. The Balaban J connectivity index is 1.61. The van der Waals surface area contributed by atoms with Crippen molar-refractivity contribution in [1.82, 2.24) is 0 Å². The molecule has 0 bridgehead atoms. The smallest absolute Gasteiger partial charge is 0.159 e. The SMILES string of the molecule is CC(C)(O)[C@H]1CC[C@H]([C@H]2C[C@H](O)[C@@]3(C)C4=C([C@H](O)C[C@]23C)[C@@]2(C)CC[C@@H](O)C(C)(C)C2CC4=O)[C@@H]1O. The van der Waals surface area contributed by atoms with Gasteiger partial charge in [-0.2, -0.15) is 0 Å². The lowest BCUT2D eigenvalue weighted by molar-refractivity contribution is -0.141. The van der Waals surface area contributed by atoms with Gasteiger partial charge in [0.15, 0.2) is 5.78 Å². The third-order valence-electron chi connectivity index (χ3n) is 12.7. The molecule has 6 heteroatoms. The fourth-order valence-corrected chi connectivity index (χ4v) is 10.4. The predicted octanol–water partition coefficient (Wildman–Crippen LogP) is 3.38. The molecule has 6 nitrogen and oxygen atoms in total. The van der Waals surface area contributed by atoms with Gasteiger partial charge in [0.25, 0.3) is 0 Å². The highest BCUT2D eigenvalue weighted by Crippen LogP contribution is 2.72. The minimum Gasteiger partial charge on any atom is -0.393 e. The Kier molecular flexibility index (Phi) is 5.86. The lowest BCUT2D eigenvalue weighted by atomic mass is 9.42. The normalized spacial score (nSPS) is 52.7. The number of fused-ring (bicyclic) bond motifs is 4. The van der Waals surface area contributed by atoms with E-state index in [2.05, 4.69) is 13.8 Å². The van der Waals surface area contributed by atoms with E-state index < -0.39 is 51.7 Å². The van der Waals surface area contributed by atoms with E-state index in [0.29, 0.717) is 37.7 Å². The number of hydrogen-bond donors (Lipinski definition) is 5. The monoisotopic (exact) mass is 504 g/mol. The maximum absolute atomic E-state index is 14.0. The number of rotatable bonds is 2. The van der Waals surface area contributed by atoms with E-state index in [1.54, 1.807) is 13.8 Å². The zero-order chi connectivity index (χ0) is 26.8. The van der Waals surface area contributed by atoms with Crippen LogP contribution in [0.15, 0.2) is 11.1 Å². The maximum atomic E-state index is 14.0. The van der Waals surface area contributed by atoms with E-state index in [1.165, 1.54) is 0 Å². The van der Waals surface area contributed by atoms with Crippen LogP contribution in [0, 0.1) is 45.3 Å². The van der Waals surface area contributed by atoms with Crippen molar-refractivity contribution in [1.29, 1.82) is 0 Å². The van der Waals surface area contributed by atoms with E-state index in [0.717, 1.165) is 18.4 Å². The van der Waals surface area contributed by atoms with Crippen LogP contribution in [-0.4, -0.2) is 61.3 Å². The average molecular weight is 505 g/mol. The number of carbonyl (C=O) groups excluding carboxylic acids is 1. The molecule has 0 aromatic heterocycles. The Hall–Kier alpha value is -0.790. The summed E-state index contributed by atoms with van der Waals surface area (Å²) in [5, 5.41) is 56.4. The lowest BCUT2D eigenvalue weighted by Gasteiger charge is -2.62. The molecular formula is C30H48O6. The fourth-order valence-electron chi connectivity index (χ4n) is 10.4. The van der Waals surface area contributed by atoms with Gasteiger partial charge in [-0.15, -0.1) is 0 Å². The van der Waals surface area contributed by atoms with E-state index in [9.17, 15) is 30.3 Å². The Bertz CT molecular complexity index is 978. The largest absolute Gasteiger partial charge is 0.393 e. The zero-order valence-electron chi connectivity index (χ0n) is 23.2. The standard InChI is InChI=1S/C30H48O6/c1-26(2)20-13-18(31)24-23(28(20,5)11-10-21(26)33)19(32)14-29(6)17(12-22(34)30(24,29)7)15-8-9-16(25(15)35)27(3,4)36/h15-17,19-22,25,32-36H,8-14H2,1-7H3/t15-,16+,17-,19-,20?,21-,22+,25+,28+,29-,30+/m1/s1. The molecule has 5 aliphatic rings. The van der Waals surface area contributed by atoms with Crippen molar-refractivity contribution in [2.45, 2.75) is 123 Å². The molecule has 0 amide bonds. The third-order valence-corrected chi connectivity index (χ3v) is 12.7. The van der Waals surface area contributed by atoms with Crippen molar-refractivity contribution >= 4 is 5.78 Å². The second-order valence-electron chi connectivity index (χ2n) is 15.0. The highest BCUT2D eigenvalue weighted by atomic mass is 16.3. The molecule has 0 aromatic rings. The number of Topliss-reactive ketones (excluding diaryl/α,β-unsaturated/α-hetero) is 1. The van der Waals surface area contributed by atoms with Crippen LogP contribution in [0.1, 0.15) is 93.4 Å². The van der Waals surface area contributed by atoms with Gasteiger partial charge >= 0.3 is 0 Å². The molecule has 11 atom stereocenters. The highest BCUT2D eigenvalue weighted by Gasteiger charge is 2.71. The fraction of sp³-hybridized carbons (Fsp3) is 0.900. The van der Waals surface area contributed by atoms with Crippen LogP contribution in [-0.2, 0) is 4.79 Å². The summed E-state index contributed by atoms with van der Waals surface area (Å²) >= 11 is 0. The molecule has 0 aliphatic heterocycles. The number of carbonyl (C=O) groups is 1. The molecule has 0 radical (unpaired) electrons. The van der Waals surface area contributed by atoms with Crippen LogP contribution in [0.3, 0.4) is 0 Å². The van der Waals surface area contributed by atoms with Crippen LogP contribution >= 0.6 is 0 Å². The van der Waals surface area contributed by atoms with Crippen LogP contribution in [0.5, 0.6) is 0 Å². The minimum absolute atomic E-state index is 0.00293. The molecule has 3 saturated carbocycles. The average Bonchev–Trinajstić information content (AvgIpc) is 3.23. The van der Waals surface area contributed by atoms with Crippen molar-refractivity contribution in [3.63, 3.8) is 0 Å². The first-order valence-electron chi connectivity index (χ1n) is 14.1. The molecule has 3 fully saturated rings. The van der Waals surface area contributed by atoms with Crippen molar-refractivity contribution in [2.24, 2.45) is 45.3 Å². The van der Waals surface area contributed by atoms with Gasteiger partial charge in [-0.3, -0.25) is 4.79 Å². The number of aliphatic hydroxyl groups is 5. The summed E-state index contributed by atoms with van der Waals surface area (Å²) in [5.74, 6) is -0.455. The van der Waals surface area contributed by atoms with E-state index in [4.69, 9.17) is 0 Å². The summed E-state index contributed by atoms with van der Waals surface area (Å²) in [4.78, 5) is 14.0. The number of ketones is 1. The quantitative estimate of drug-likeness (QED) is 0.394. The van der Waals surface area contributed by atoms with Gasteiger partial charge in [0.05, 0.1) is 30.0 Å². The topological polar surface area (TPSA) is 118 Å². The molecule has 0 heterocycles. The van der Waals surface area contributed by atoms with Crippen LogP contribution in [0.2, 0.25) is 0 Å². The van der Waals surface area contributed by atoms with Gasteiger partial charge < -0.3 is 25.5 Å². The van der Waals surface area contributed by atoms with Crippen molar-refractivity contribution in [3.05, 3.63) is 11.1 Å². The van der Waals surface area contributed by atoms with E-state index >= 15 is 0 Å². The van der Waals surface area contributed by atoms with Crippen LogP contribution in [0.4, 0.5) is 0 Å². The number of aliphatic hydroxyl groups excluding tert-OH is 4. The molecule has 204 valence electrons. The van der Waals surface area contributed by atoms with Gasteiger partial charge in [-0.1, -0.05) is 34.6 Å². The maximum Gasteiger partial charge on any atom is 0.159 e. The number of hydrogen-bond acceptors (Lipinski definition) is 6. The predicted molar refractivity (Wildman–Crippen MR) is 137 cm³/mol. The molecule has 36 heavy (non-hydrogen) atoms. The minimum atomic E-state index is -0.987. The second-order valence-corrected chi connectivity index (χ2v) is 15.0. The summed E-state index contributed by atoms with van der Waals surface area (Å²) < 4.78 is 0. The Morgan fingerprint density at radius 2 is 1.56 bits per heavy atom. The Labute approximate surface area is 216 Å². The summed E-state index contributed by atoms with van der Waals surface area (Å²) in [6.07, 6.45) is 1.37. The molecule has 5 aliphatic carbocycles. The second kappa shape index (κ2) is 7.88. The first kappa shape index (κ1) is 26.8. The molecule has 0 aromatic carbocycles. The highest BCUT2D eigenvalue weighted by molar-refractivity contribution is 6.00. The van der Waals surface area contributed by atoms with Crippen molar-refractivity contribution < 1.29 is 30.3 Å². The van der Waals surface area contributed by atoms with E-state index in [1.807, 2.05) is 20.8 Å². The van der Waals surface area contributed by atoms with Crippen LogP contribution < -0.4 is 0 Å². The first-order chi connectivity index (χ1) is 16.4. The Morgan fingerprint density at radius 3 is 2.14 bits per heavy atom. The molecule has 0 saturated heterocycles.